The van der Waals surface area contributed by atoms with Crippen LogP contribution in [0.5, 0.6) is 5.75 Å². The minimum Gasteiger partial charge on any atom is -0.497 e. The van der Waals surface area contributed by atoms with E-state index in [0.29, 0.717) is 43.2 Å². The zero-order chi connectivity index (χ0) is 28.0. The summed E-state index contributed by atoms with van der Waals surface area (Å²) in [7, 11) is -2.21. The van der Waals surface area contributed by atoms with Crippen molar-refractivity contribution in [3.8, 4) is 5.75 Å². The molecule has 206 valence electrons. The summed E-state index contributed by atoms with van der Waals surface area (Å²) in [6.45, 7) is 5.78. The predicted molar refractivity (Wildman–Crippen MR) is 152 cm³/mol. The van der Waals surface area contributed by atoms with Crippen molar-refractivity contribution in [2.24, 2.45) is 0 Å². The smallest absolute Gasteiger partial charge is 0.253 e. The lowest BCUT2D eigenvalue weighted by Gasteiger charge is -2.36. The van der Waals surface area contributed by atoms with E-state index in [1.54, 1.807) is 75.6 Å². The van der Waals surface area contributed by atoms with Crippen molar-refractivity contribution in [2.45, 2.75) is 24.8 Å². The van der Waals surface area contributed by atoms with Crippen molar-refractivity contribution in [1.29, 1.82) is 0 Å². The minimum atomic E-state index is -3.81. The molecule has 0 aromatic heterocycles. The van der Waals surface area contributed by atoms with Crippen LogP contribution in [0.15, 0.2) is 83.8 Å². The molecule has 1 N–H and O–H groups in total. The zero-order valence-corrected chi connectivity index (χ0v) is 23.2. The van der Waals surface area contributed by atoms with Crippen LogP contribution < -0.4 is 15.0 Å². The van der Waals surface area contributed by atoms with Crippen LogP contribution in [0.1, 0.15) is 24.2 Å². The molecule has 2 amide bonds. The van der Waals surface area contributed by atoms with Crippen LogP contribution in [0.2, 0.25) is 0 Å². The number of sulfonamides is 1. The molecule has 0 atom stereocenters. The van der Waals surface area contributed by atoms with Gasteiger partial charge < -0.3 is 19.9 Å². The maximum atomic E-state index is 13.1. The Labute approximate surface area is 230 Å². The van der Waals surface area contributed by atoms with E-state index < -0.39 is 22.0 Å². The second-order valence-electron chi connectivity index (χ2n) is 9.56. The molecule has 0 saturated carbocycles. The van der Waals surface area contributed by atoms with Gasteiger partial charge in [-0.05, 0) is 74.5 Å². The zero-order valence-electron chi connectivity index (χ0n) is 22.4. The fourth-order valence-corrected chi connectivity index (χ4v) is 6.07. The van der Waals surface area contributed by atoms with E-state index >= 15 is 0 Å². The summed E-state index contributed by atoms with van der Waals surface area (Å²) >= 11 is 0. The summed E-state index contributed by atoms with van der Waals surface area (Å²) < 4.78 is 32.5. The monoisotopic (exact) mass is 550 g/mol. The number of amides is 2. The number of hydrogen-bond donors (Lipinski definition) is 1. The van der Waals surface area contributed by atoms with Crippen LogP contribution in [0, 0.1) is 0 Å². The number of carbonyl (C=O) groups excluding carboxylic acids is 2. The molecule has 1 fully saturated rings. The Kier molecular flexibility index (Phi) is 8.88. The van der Waals surface area contributed by atoms with E-state index in [-0.39, 0.29) is 17.3 Å². The lowest BCUT2D eigenvalue weighted by Crippen LogP contribution is -2.48. The van der Waals surface area contributed by atoms with Gasteiger partial charge in [-0.2, -0.15) is 4.31 Å². The largest absolute Gasteiger partial charge is 0.497 e. The Morgan fingerprint density at radius 3 is 2.08 bits per heavy atom. The summed E-state index contributed by atoms with van der Waals surface area (Å²) in [5.74, 6) is 0.298. The van der Waals surface area contributed by atoms with Crippen molar-refractivity contribution in [2.75, 3.05) is 50.1 Å². The molecule has 1 aliphatic rings. The van der Waals surface area contributed by atoms with Gasteiger partial charge in [-0.15, -0.1) is 0 Å². The minimum absolute atomic E-state index is 0.0000773. The molecular formula is C29H34N4O5S. The molecular weight excluding hydrogens is 516 g/mol. The molecule has 0 spiro atoms. The van der Waals surface area contributed by atoms with Crippen LogP contribution in [-0.2, 0) is 14.8 Å². The van der Waals surface area contributed by atoms with Crippen LogP contribution in [-0.4, -0.2) is 75.3 Å². The lowest BCUT2D eigenvalue weighted by atomic mass is 10.1. The predicted octanol–water partition coefficient (Wildman–Crippen LogP) is 3.70. The molecule has 3 aromatic carbocycles. The maximum absolute atomic E-state index is 13.1. The van der Waals surface area contributed by atoms with Gasteiger partial charge in [0.05, 0.1) is 18.6 Å². The van der Waals surface area contributed by atoms with Gasteiger partial charge in [0.1, 0.15) is 5.75 Å². The summed E-state index contributed by atoms with van der Waals surface area (Å²) in [6.07, 6.45) is 0. The highest BCUT2D eigenvalue weighted by atomic mass is 32.2. The number of ether oxygens (including phenoxy) is 1. The van der Waals surface area contributed by atoms with Gasteiger partial charge >= 0.3 is 0 Å². The first kappa shape index (κ1) is 28.1. The number of nitrogens with one attached hydrogen (secondary N) is 1. The van der Waals surface area contributed by atoms with E-state index in [4.69, 9.17) is 4.74 Å². The number of benzene rings is 3. The van der Waals surface area contributed by atoms with E-state index in [9.17, 15) is 18.0 Å². The number of hydrogen-bond acceptors (Lipinski definition) is 6. The van der Waals surface area contributed by atoms with E-state index in [1.165, 1.54) is 16.4 Å². The van der Waals surface area contributed by atoms with Crippen LogP contribution in [0.3, 0.4) is 0 Å². The highest BCUT2D eigenvalue weighted by molar-refractivity contribution is 7.89. The third-order valence-corrected chi connectivity index (χ3v) is 8.68. The Morgan fingerprint density at radius 2 is 1.51 bits per heavy atom. The van der Waals surface area contributed by atoms with Crippen molar-refractivity contribution in [1.82, 2.24) is 9.21 Å². The van der Waals surface area contributed by atoms with E-state index in [2.05, 4.69) is 10.2 Å². The average molecular weight is 551 g/mol. The Balaban J connectivity index is 1.32. The van der Waals surface area contributed by atoms with Gasteiger partial charge in [-0.3, -0.25) is 9.59 Å². The first-order valence-corrected chi connectivity index (χ1v) is 14.3. The number of piperazine rings is 1. The Bertz CT molecular complexity index is 1370. The molecule has 10 heteroatoms. The molecule has 9 nitrogen and oxygen atoms in total. The second-order valence-corrected chi connectivity index (χ2v) is 11.5. The molecule has 0 bridgehead atoms. The van der Waals surface area contributed by atoms with Crippen molar-refractivity contribution < 1.29 is 22.7 Å². The fraction of sp³-hybridized carbons (Fsp3) is 0.310. The molecule has 39 heavy (non-hydrogen) atoms. The second kappa shape index (κ2) is 12.3. The summed E-state index contributed by atoms with van der Waals surface area (Å²) in [6, 6.07) is 22.3. The summed E-state index contributed by atoms with van der Waals surface area (Å²) in [5, 5.41) is 2.80. The lowest BCUT2D eigenvalue weighted by molar-refractivity contribution is -0.116. The van der Waals surface area contributed by atoms with Gasteiger partial charge in [-0.1, -0.05) is 18.2 Å². The van der Waals surface area contributed by atoms with E-state index in [0.717, 1.165) is 5.69 Å². The number of methoxy groups -OCH3 is 1. The van der Waals surface area contributed by atoms with Crippen LogP contribution in [0.25, 0.3) is 0 Å². The van der Waals surface area contributed by atoms with Gasteiger partial charge in [0, 0.05) is 49.2 Å². The fourth-order valence-electron chi connectivity index (χ4n) is 4.45. The Hall–Kier alpha value is -3.89. The average Bonchev–Trinajstić information content (AvgIpc) is 2.96. The van der Waals surface area contributed by atoms with Gasteiger partial charge in [0.2, 0.25) is 15.9 Å². The molecule has 4 rings (SSSR count). The van der Waals surface area contributed by atoms with Gasteiger partial charge in [0.15, 0.2) is 0 Å². The number of anilines is 2. The topological polar surface area (TPSA) is 99.3 Å². The van der Waals surface area contributed by atoms with Crippen molar-refractivity contribution in [3.05, 3.63) is 84.4 Å². The van der Waals surface area contributed by atoms with Crippen molar-refractivity contribution in [3.63, 3.8) is 0 Å². The van der Waals surface area contributed by atoms with Gasteiger partial charge in [-0.25, -0.2) is 8.42 Å². The quantitative estimate of drug-likeness (QED) is 0.436. The SMILES string of the molecule is COc1ccc(C(=O)N2CCN(c3ccc(NC(=O)CN(C(C)C)S(=O)(=O)c4ccccc4)cc3)CC2)cc1. The normalized spacial score (nSPS) is 14.0. The molecule has 0 unspecified atom stereocenters. The van der Waals surface area contributed by atoms with E-state index in [1.807, 2.05) is 17.0 Å². The summed E-state index contributed by atoms with van der Waals surface area (Å²) in [5.41, 5.74) is 2.20. The van der Waals surface area contributed by atoms with Crippen molar-refractivity contribution >= 4 is 33.2 Å². The third-order valence-electron chi connectivity index (χ3n) is 6.65. The maximum Gasteiger partial charge on any atom is 0.253 e. The first-order chi connectivity index (χ1) is 18.7. The molecule has 1 aliphatic heterocycles. The Morgan fingerprint density at radius 1 is 0.897 bits per heavy atom. The number of rotatable bonds is 9. The van der Waals surface area contributed by atoms with Crippen LogP contribution in [0.4, 0.5) is 11.4 Å². The standard InChI is InChI=1S/C29H34N4O5S/c1-22(2)33(39(36,37)27-7-5-4-6-8-27)21-28(34)30-24-11-13-25(14-12-24)31-17-19-32(20-18-31)29(35)23-9-15-26(38-3)16-10-23/h4-16,22H,17-21H2,1-3H3,(H,30,34). The molecule has 1 heterocycles. The highest BCUT2D eigenvalue weighted by Gasteiger charge is 2.29. The molecule has 0 radical (unpaired) electrons. The van der Waals surface area contributed by atoms with Crippen LogP contribution >= 0.6 is 0 Å². The molecule has 3 aromatic rings. The molecule has 1 saturated heterocycles. The number of carbonyl (C=O) groups is 2. The highest BCUT2D eigenvalue weighted by Crippen LogP contribution is 2.22. The van der Waals surface area contributed by atoms with Gasteiger partial charge in [0.25, 0.3) is 5.91 Å². The number of nitrogens with zero attached hydrogens (tertiary/aromatic N) is 3. The third kappa shape index (κ3) is 6.76. The summed E-state index contributed by atoms with van der Waals surface area (Å²) in [4.78, 5) is 29.8. The molecule has 0 aliphatic carbocycles. The first-order valence-electron chi connectivity index (χ1n) is 12.8.